The number of carbonyl (C=O) groups excluding carboxylic acids is 2. The van der Waals surface area contributed by atoms with E-state index in [1.165, 1.54) is 18.7 Å². The van der Waals surface area contributed by atoms with Crippen LogP contribution in [0, 0.1) is 0 Å². The molecule has 2 heterocycles. The van der Waals surface area contributed by atoms with Crippen LogP contribution in [0.1, 0.15) is 38.8 Å². The van der Waals surface area contributed by atoms with Gasteiger partial charge in [0.1, 0.15) is 4.32 Å². The Hall–Kier alpha value is -2.97. The zero-order chi connectivity index (χ0) is 23.0. The molecule has 32 heavy (non-hydrogen) atoms. The van der Waals surface area contributed by atoms with E-state index in [0.29, 0.717) is 21.5 Å². The van der Waals surface area contributed by atoms with E-state index in [2.05, 4.69) is 40.9 Å². The topological polar surface area (TPSA) is 63.9 Å². The predicted molar refractivity (Wildman–Crippen MR) is 135 cm³/mol. The molecule has 1 fully saturated rings. The molecule has 1 aliphatic heterocycles. The first-order chi connectivity index (χ1) is 15.3. The molecule has 0 saturated carbocycles. The summed E-state index contributed by atoms with van der Waals surface area (Å²) in [5, 5.41) is 6.08. The fourth-order valence-corrected chi connectivity index (χ4v) is 5.27. The SMILES string of the molecule is CCN1C(=O)C(=Cc2ccc3c(c2)c2cc(C(C)=NOC(C)=O)ccc2n3CC)SC1=S. The van der Waals surface area contributed by atoms with E-state index < -0.39 is 5.97 Å². The van der Waals surface area contributed by atoms with E-state index in [1.54, 1.807) is 4.90 Å². The summed E-state index contributed by atoms with van der Waals surface area (Å²) >= 11 is 6.67. The summed E-state index contributed by atoms with van der Waals surface area (Å²) in [5.74, 6) is -0.496. The number of fused-ring (bicyclic) bond motifs is 3. The minimum atomic E-state index is -0.453. The van der Waals surface area contributed by atoms with Crippen LogP contribution in [0.25, 0.3) is 27.9 Å². The van der Waals surface area contributed by atoms with E-state index in [-0.39, 0.29) is 5.91 Å². The van der Waals surface area contributed by atoms with Gasteiger partial charge in [-0.2, -0.15) is 0 Å². The van der Waals surface area contributed by atoms with Crippen LogP contribution in [0.4, 0.5) is 0 Å². The maximum atomic E-state index is 12.6. The van der Waals surface area contributed by atoms with Crippen LogP contribution >= 0.6 is 24.0 Å². The van der Waals surface area contributed by atoms with Crippen molar-refractivity contribution in [2.24, 2.45) is 5.16 Å². The first kappa shape index (κ1) is 22.2. The molecule has 4 rings (SSSR count). The normalized spacial score (nSPS) is 16.1. The number of likely N-dealkylation sites (N-methyl/N-ethyl adjacent to an activating group) is 1. The summed E-state index contributed by atoms with van der Waals surface area (Å²) in [4.78, 5) is 30.8. The first-order valence-electron chi connectivity index (χ1n) is 10.4. The number of carbonyl (C=O) groups is 2. The van der Waals surface area contributed by atoms with E-state index in [1.807, 2.05) is 32.1 Å². The van der Waals surface area contributed by atoms with Gasteiger partial charge in [0, 0.05) is 41.8 Å². The van der Waals surface area contributed by atoms with Gasteiger partial charge in [-0.15, -0.1) is 0 Å². The fourth-order valence-electron chi connectivity index (χ4n) is 3.89. The van der Waals surface area contributed by atoms with Crippen molar-refractivity contribution in [1.29, 1.82) is 0 Å². The van der Waals surface area contributed by atoms with Gasteiger partial charge >= 0.3 is 5.97 Å². The van der Waals surface area contributed by atoms with Crippen molar-refractivity contribution in [1.82, 2.24) is 9.47 Å². The van der Waals surface area contributed by atoms with Crippen molar-refractivity contribution in [3.8, 4) is 0 Å². The number of oxime groups is 1. The van der Waals surface area contributed by atoms with Crippen molar-refractivity contribution >= 4 is 73.8 Å². The van der Waals surface area contributed by atoms with Gasteiger partial charge in [-0.25, -0.2) is 4.79 Å². The van der Waals surface area contributed by atoms with Crippen LogP contribution < -0.4 is 0 Å². The zero-order valence-corrected chi connectivity index (χ0v) is 20.0. The molecule has 0 spiro atoms. The van der Waals surface area contributed by atoms with Gasteiger partial charge in [0.15, 0.2) is 0 Å². The summed E-state index contributed by atoms with van der Waals surface area (Å²) < 4.78 is 2.85. The molecule has 0 bridgehead atoms. The second kappa shape index (κ2) is 8.88. The van der Waals surface area contributed by atoms with Crippen LogP contribution in [-0.2, 0) is 21.0 Å². The van der Waals surface area contributed by atoms with Gasteiger partial charge in [-0.3, -0.25) is 9.69 Å². The lowest BCUT2D eigenvalue weighted by molar-refractivity contribution is -0.140. The van der Waals surface area contributed by atoms with Gasteiger partial charge < -0.3 is 9.40 Å². The van der Waals surface area contributed by atoms with Gasteiger partial charge in [-0.05, 0) is 62.2 Å². The van der Waals surface area contributed by atoms with Crippen LogP contribution in [0.2, 0.25) is 0 Å². The molecule has 0 unspecified atom stereocenters. The molecular formula is C24H23N3O3S2. The number of aromatic nitrogens is 1. The third kappa shape index (κ3) is 3.96. The van der Waals surface area contributed by atoms with E-state index in [9.17, 15) is 9.59 Å². The number of rotatable bonds is 5. The average Bonchev–Trinajstić information content (AvgIpc) is 3.23. The lowest BCUT2D eigenvalue weighted by Crippen LogP contribution is -2.27. The second-order valence-corrected chi connectivity index (χ2v) is 9.11. The third-order valence-electron chi connectivity index (χ3n) is 5.42. The van der Waals surface area contributed by atoms with Crippen LogP contribution in [0.15, 0.2) is 46.5 Å². The summed E-state index contributed by atoms with van der Waals surface area (Å²) in [5.41, 5.74) is 4.68. The van der Waals surface area contributed by atoms with Gasteiger partial charge in [0.05, 0.1) is 10.6 Å². The minimum absolute atomic E-state index is 0.0434. The van der Waals surface area contributed by atoms with Crippen molar-refractivity contribution in [3.05, 3.63) is 52.4 Å². The molecule has 0 aliphatic carbocycles. The van der Waals surface area contributed by atoms with Crippen molar-refractivity contribution < 1.29 is 14.4 Å². The van der Waals surface area contributed by atoms with Crippen molar-refractivity contribution in [2.75, 3.05) is 6.54 Å². The first-order valence-corrected chi connectivity index (χ1v) is 11.6. The Labute approximate surface area is 195 Å². The Kier molecular flexibility index (Phi) is 6.17. The summed E-state index contributed by atoms with van der Waals surface area (Å²) in [7, 11) is 0. The van der Waals surface area contributed by atoms with Crippen LogP contribution in [0.5, 0.6) is 0 Å². The highest BCUT2D eigenvalue weighted by Gasteiger charge is 2.30. The molecule has 164 valence electrons. The highest BCUT2D eigenvalue weighted by Crippen LogP contribution is 2.35. The molecule has 0 atom stereocenters. The number of benzene rings is 2. The van der Waals surface area contributed by atoms with E-state index >= 15 is 0 Å². The molecule has 1 saturated heterocycles. The Morgan fingerprint density at radius 2 is 1.78 bits per heavy atom. The lowest BCUT2D eigenvalue weighted by atomic mass is 10.0. The number of thiocarbonyl (C=S) groups is 1. The number of aryl methyl sites for hydroxylation is 1. The van der Waals surface area contributed by atoms with E-state index in [0.717, 1.165) is 39.5 Å². The lowest BCUT2D eigenvalue weighted by Gasteiger charge is -2.09. The largest absolute Gasteiger partial charge is 0.341 e. The van der Waals surface area contributed by atoms with Crippen LogP contribution in [0.3, 0.4) is 0 Å². The monoisotopic (exact) mass is 465 g/mol. The molecule has 6 nitrogen and oxygen atoms in total. The summed E-state index contributed by atoms with van der Waals surface area (Å²) in [6, 6.07) is 12.3. The zero-order valence-electron chi connectivity index (χ0n) is 18.3. The summed E-state index contributed by atoms with van der Waals surface area (Å²) in [6.45, 7) is 8.57. The smallest absolute Gasteiger partial charge is 0.331 e. The standard InChI is InChI=1S/C24H23N3O3S2/c1-5-26-20-9-7-16(12-22-23(29)27(6-2)24(31)32-22)11-18(20)19-13-17(8-10-21(19)26)14(3)25-30-15(4)28/h7-13H,5-6H2,1-4H3. The van der Waals surface area contributed by atoms with Crippen molar-refractivity contribution in [2.45, 2.75) is 34.2 Å². The molecule has 8 heteroatoms. The number of thioether (sulfide) groups is 1. The molecule has 3 aromatic rings. The quantitative estimate of drug-likeness (QED) is 0.168. The van der Waals surface area contributed by atoms with E-state index in [4.69, 9.17) is 17.1 Å². The Morgan fingerprint density at radius 1 is 1.09 bits per heavy atom. The maximum Gasteiger partial charge on any atom is 0.331 e. The minimum Gasteiger partial charge on any atom is -0.341 e. The van der Waals surface area contributed by atoms with Crippen LogP contribution in [-0.4, -0.2) is 37.9 Å². The molecular weight excluding hydrogens is 442 g/mol. The Bertz CT molecular complexity index is 1340. The highest BCUT2D eigenvalue weighted by atomic mass is 32.2. The molecule has 1 amide bonds. The Morgan fingerprint density at radius 3 is 2.41 bits per heavy atom. The van der Waals surface area contributed by atoms with Gasteiger partial charge in [-0.1, -0.05) is 41.3 Å². The predicted octanol–water partition coefficient (Wildman–Crippen LogP) is 5.32. The Balaban J connectivity index is 1.83. The van der Waals surface area contributed by atoms with Crippen molar-refractivity contribution in [3.63, 3.8) is 0 Å². The second-order valence-electron chi connectivity index (χ2n) is 7.44. The number of hydrogen-bond acceptors (Lipinski definition) is 6. The highest BCUT2D eigenvalue weighted by molar-refractivity contribution is 8.26. The molecule has 0 radical (unpaired) electrons. The number of amides is 1. The summed E-state index contributed by atoms with van der Waals surface area (Å²) in [6.07, 6.45) is 1.90. The molecule has 0 N–H and O–H groups in total. The molecule has 1 aliphatic rings. The molecule has 1 aromatic heterocycles. The van der Waals surface area contributed by atoms with Gasteiger partial charge in [0.25, 0.3) is 5.91 Å². The van der Waals surface area contributed by atoms with Gasteiger partial charge in [0.2, 0.25) is 0 Å². The third-order valence-corrected chi connectivity index (χ3v) is 6.80. The molecule has 2 aromatic carbocycles. The number of hydrogen-bond donors (Lipinski definition) is 0. The average molecular weight is 466 g/mol. The maximum absolute atomic E-state index is 12.6. The number of nitrogens with zero attached hydrogens (tertiary/aromatic N) is 3. The fraction of sp³-hybridized carbons (Fsp3) is 0.250.